The molecule has 1 saturated heterocycles. The van der Waals surface area contributed by atoms with Gasteiger partial charge in [-0.1, -0.05) is 6.07 Å². The molecule has 4 heteroatoms. The van der Waals surface area contributed by atoms with Crippen molar-refractivity contribution in [2.45, 2.75) is 26.4 Å². The van der Waals surface area contributed by atoms with Crippen LogP contribution in [0.25, 0.3) is 0 Å². The van der Waals surface area contributed by atoms with Gasteiger partial charge in [0, 0.05) is 24.6 Å². The van der Waals surface area contributed by atoms with Gasteiger partial charge in [0.25, 0.3) is 0 Å². The highest BCUT2D eigenvalue weighted by Gasteiger charge is 2.29. The minimum absolute atomic E-state index is 0.134. The number of hydrogen-bond donors (Lipinski definition) is 1. The van der Waals surface area contributed by atoms with Crippen LogP contribution in [0.15, 0.2) is 18.2 Å². The van der Waals surface area contributed by atoms with Crippen LogP contribution in [-0.2, 0) is 0 Å². The Morgan fingerprint density at radius 3 is 2.83 bits per heavy atom. The highest BCUT2D eigenvalue weighted by Crippen LogP contribution is 2.31. The molecule has 0 saturated carbocycles. The lowest BCUT2D eigenvalue weighted by Crippen LogP contribution is -2.26. The molecule has 1 aromatic carbocycles. The van der Waals surface area contributed by atoms with Crippen molar-refractivity contribution in [2.75, 3.05) is 18.0 Å². The number of aliphatic hydroxyl groups excluding tert-OH is 1. The molecule has 0 aliphatic carbocycles. The smallest absolute Gasteiger partial charge is 0.161 e. The van der Waals surface area contributed by atoms with Gasteiger partial charge in [-0.25, -0.2) is 4.39 Å². The summed E-state index contributed by atoms with van der Waals surface area (Å²) in [6, 6.07) is 4.58. The molecule has 3 nitrogen and oxygen atoms in total. The SMILES string of the molecule is CC(=O)c1cccc(F)c1N1CCC(C(C)O)C1. The van der Waals surface area contributed by atoms with Gasteiger partial charge in [-0.3, -0.25) is 4.79 Å². The van der Waals surface area contributed by atoms with Crippen LogP contribution >= 0.6 is 0 Å². The molecule has 0 bridgehead atoms. The molecular formula is C14H18FNO2. The van der Waals surface area contributed by atoms with Crippen molar-refractivity contribution in [3.05, 3.63) is 29.6 Å². The van der Waals surface area contributed by atoms with E-state index in [4.69, 9.17) is 0 Å². The monoisotopic (exact) mass is 251 g/mol. The van der Waals surface area contributed by atoms with Crippen molar-refractivity contribution < 1.29 is 14.3 Å². The van der Waals surface area contributed by atoms with Crippen molar-refractivity contribution in [2.24, 2.45) is 5.92 Å². The molecule has 0 radical (unpaired) electrons. The summed E-state index contributed by atoms with van der Waals surface area (Å²) in [4.78, 5) is 13.4. The summed E-state index contributed by atoms with van der Waals surface area (Å²) < 4.78 is 13.9. The molecule has 1 aliphatic rings. The molecule has 0 spiro atoms. The van der Waals surface area contributed by atoms with Crippen molar-refractivity contribution in [1.29, 1.82) is 0 Å². The van der Waals surface area contributed by atoms with Crippen LogP contribution in [0.3, 0.4) is 0 Å². The molecule has 1 aliphatic heterocycles. The van der Waals surface area contributed by atoms with Crippen molar-refractivity contribution in [3.63, 3.8) is 0 Å². The number of rotatable bonds is 3. The number of aliphatic hydroxyl groups is 1. The molecule has 1 aromatic rings. The van der Waals surface area contributed by atoms with Gasteiger partial charge < -0.3 is 10.0 Å². The number of nitrogens with zero attached hydrogens (tertiary/aromatic N) is 1. The van der Waals surface area contributed by atoms with Crippen LogP contribution < -0.4 is 4.90 Å². The second kappa shape index (κ2) is 5.06. The summed E-state index contributed by atoms with van der Waals surface area (Å²) in [6.07, 6.45) is 0.422. The average Bonchev–Trinajstić information content (AvgIpc) is 2.77. The Bertz CT molecular complexity index is 459. The highest BCUT2D eigenvalue weighted by molar-refractivity contribution is 5.99. The van der Waals surface area contributed by atoms with Gasteiger partial charge >= 0.3 is 0 Å². The van der Waals surface area contributed by atoms with Crippen molar-refractivity contribution >= 4 is 11.5 Å². The first-order chi connectivity index (χ1) is 8.50. The van der Waals surface area contributed by atoms with E-state index in [9.17, 15) is 14.3 Å². The Kier molecular flexibility index (Phi) is 3.66. The molecule has 2 unspecified atom stereocenters. The number of carbonyl (C=O) groups excluding carboxylic acids is 1. The molecular weight excluding hydrogens is 233 g/mol. The molecule has 18 heavy (non-hydrogen) atoms. The first-order valence-electron chi connectivity index (χ1n) is 6.23. The minimum atomic E-state index is -0.400. The van der Waals surface area contributed by atoms with Crippen LogP contribution in [-0.4, -0.2) is 30.1 Å². The number of Topliss-reactive ketones (excluding diaryl/α,β-unsaturated/α-hetero) is 1. The lowest BCUT2D eigenvalue weighted by Gasteiger charge is -2.22. The van der Waals surface area contributed by atoms with E-state index in [2.05, 4.69) is 0 Å². The molecule has 2 rings (SSSR count). The number of hydrogen-bond acceptors (Lipinski definition) is 3. The Hall–Kier alpha value is -1.42. The Labute approximate surface area is 106 Å². The van der Waals surface area contributed by atoms with Gasteiger partial charge in [0.2, 0.25) is 0 Å². The molecule has 0 aromatic heterocycles. The normalized spacial score (nSPS) is 21.1. The lowest BCUT2D eigenvalue weighted by molar-refractivity contribution is 0.101. The van der Waals surface area contributed by atoms with Gasteiger partial charge in [-0.05, 0) is 32.4 Å². The first kappa shape index (κ1) is 13.0. The van der Waals surface area contributed by atoms with Gasteiger partial charge in [0.15, 0.2) is 5.78 Å². The second-order valence-electron chi connectivity index (χ2n) is 4.93. The van der Waals surface area contributed by atoms with E-state index in [0.29, 0.717) is 24.3 Å². The first-order valence-corrected chi connectivity index (χ1v) is 6.23. The third-order valence-electron chi connectivity index (χ3n) is 3.59. The van der Waals surface area contributed by atoms with Crippen LogP contribution in [0.4, 0.5) is 10.1 Å². The van der Waals surface area contributed by atoms with E-state index in [1.54, 1.807) is 19.1 Å². The number of halogens is 1. The van der Waals surface area contributed by atoms with E-state index in [0.717, 1.165) is 6.42 Å². The number of carbonyl (C=O) groups is 1. The fourth-order valence-corrected chi connectivity index (χ4v) is 2.50. The van der Waals surface area contributed by atoms with Crippen molar-refractivity contribution in [3.8, 4) is 0 Å². The number of anilines is 1. The zero-order chi connectivity index (χ0) is 13.3. The summed E-state index contributed by atoms with van der Waals surface area (Å²) in [5, 5.41) is 9.58. The molecule has 2 atom stereocenters. The minimum Gasteiger partial charge on any atom is -0.393 e. The van der Waals surface area contributed by atoms with Crippen LogP contribution in [0.1, 0.15) is 30.6 Å². The van der Waals surface area contributed by atoms with Gasteiger partial charge in [-0.15, -0.1) is 0 Å². The average molecular weight is 251 g/mol. The third kappa shape index (κ3) is 2.38. The molecule has 98 valence electrons. The molecule has 1 N–H and O–H groups in total. The number of benzene rings is 1. The maximum absolute atomic E-state index is 13.9. The second-order valence-corrected chi connectivity index (χ2v) is 4.93. The lowest BCUT2D eigenvalue weighted by atomic mass is 10.0. The highest BCUT2D eigenvalue weighted by atomic mass is 19.1. The van der Waals surface area contributed by atoms with E-state index in [1.807, 2.05) is 4.90 Å². The largest absolute Gasteiger partial charge is 0.393 e. The van der Waals surface area contributed by atoms with Crippen LogP contribution in [0.2, 0.25) is 0 Å². The standard InChI is InChI=1S/C14H18FNO2/c1-9(17)11-6-7-16(8-11)14-12(10(2)18)4-3-5-13(14)15/h3-5,9,11,17H,6-8H2,1-2H3. The van der Waals surface area contributed by atoms with Crippen LogP contribution in [0.5, 0.6) is 0 Å². The predicted molar refractivity (Wildman–Crippen MR) is 68.4 cm³/mol. The van der Waals surface area contributed by atoms with E-state index in [1.165, 1.54) is 13.0 Å². The van der Waals surface area contributed by atoms with Crippen LogP contribution in [0, 0.1) is 11.7 Å². The maximum Gasteiger partial charge on any atom is 0.161 e. The van der Waals surface area contributed by atoms with E-state index >= 15 is 0 Å². The fourth-order valence-electron chi connectivity index (χ4n) is 2.50. The quantitative estimate of drug-likeness (QED) is 0.837. The summed E-state index contributed by atoms with van der Waals surface area (Å²) in [5.41, 5.74) is 0.800. The van der Waals surface area contributed by atoms with E-state index < -0.39 is 6.10 Å². The summed E-state index contributed by atoms with van der Waals surface area (Å²) in [6.45, 7) is 4.47. The number of ketones is 1. The molecule has 0 amide bonds. The summed E-state index contributed by atoms with van der Waals surface area (Å²) >= 11 is 0. The Balaban J connectivity index is 2.32. The van der Waals surface area contributed by atoms with Gasteiger partial charge in [-0.2, -0.15) is 0 Å². The zero-order valence-electron chi connectivity index (χ0n) is 10.7. The predicted octanol–water partition coefficient (Wildman–Crippen LogP) is 2.24. The van der Waals surface area contributed by atoms with E-state index in [-0.39, 0.29) is 17.5 Å². The maximum atomic E-state index is 13.9. The summed E-state index contributed by atoms with van der Waals surface area (Å²) in [5.74, 6) is -0.358. The Morgan fingerprint density at radius 2 is 2.28 bits per heavy atom. The number of para-hydroxylation sites is 1. The summed E-state index contributed by atoms with van der Waals surface area (Å²) in [7, 11) is 0. The Morgan fingerprint density at radius 1 is 1.56 bits per heavy atom. The van der Waals surface area contributed by atoms with Gasteiger partial charge in [0.1, 0.15) is 5.82 Å². The molecule has 1 fully saturated rings. The topological polar surface area (TPSA) is 40.5 Å². The molecule has 1 heterocycles. The van der Waals surface area contributed by atoms with Gasteiger partial charge in [0.05, 0.1) is 11.8 Å². The zero-order valence-corrected chi connectivity index (χ0v) is 10.7. The van der Waals surface area contributed by atoms with Crippen molar-refractivity contribution in [1.82, 2.24) is 0 Å². The third-order valence-corrected chi connectivity index (χ3v) is 3.59. The fraction of sp³-hybridized carbons (Fsp3) is 0.500.